The molecule has 2 nitrogen and oxygen atoms in total. The third-order valence-corrected chi connectivity index (χ3v) is 4.27. The average Bonchev–Trinajstić information content (AvgIpc) is 2.34. The van der Waals surface area contributed by atoms with Crippen molar-refractivity contribution in [2.24, 2.45) is 0 Å². The maximum absolute atomic E-state index is 12.5. The van der Waals surface area contributed by atoms with Crippen LogP contribution in [0.2, 0.25) is 0 Å². The lowest BCUT2D eigenvalue weighted by atomic mass is 9.94. The van der Waals surface area contributed by atoms with E-state index in [-0.39, 0.29) is 5.43 Å². The van der Waals surface area contributed by atoms with Crippen LogP contribution in [0.1, 0.15) is 29.7 Å². The summed E-state index contributed by atoms with van der Waals surface area (Å²) in [5.41, 5.74) is 4.48. The Bertz CT molecular complexity index is 657. The lowest BCUT2D eigenvalue weighted by molar-refractivity contribution is 0.667. The molecule has 1 aliphatic carbocycles. The summed E-state index contributed by atoms with van der Waals surface area (Å²) in [6.45, 7) is 2.04. The quantitative estimate of drug-likeness (QED) is 0.792. The smallest absolute Gasteiger partial charge is 0.193 e. The number of halogens is 1. The fourth-order valence-corrected chi connectivity index (χ4v) is 3.17. The predicted octanol–water partition coefficient (Wildman–Crippen LogP) is 3.48. The van der Waals surface area contributed by atoms with Gasteiger partial charge in [0.2, 0.25) is 0 Å². The van der Waals surface area contributed by atoms with Gasteiger partial charge in [0, 0.05) is 15.7 Å². The fraction of sp³-hybridized carbons (Fsp3) is 0.357. The van der Waals surface area contributed by atoms with Crippen molar-refractivity contribution in [3.05, 3.63) is 43.6 Å². The Morgan fingerprint density at radius 1 is 1.24 bits per heavy atom. The van der Waals surface area contributed by atoms with Crippen molar-refractivity contribution in [2.45, 2.75) is 32.6 Å². The summed E-state index contributed by atoms with van der Waals surface area (Å²) in [5.74, 6) is 0. The molecule has 88 valence electrons. The van der Waals surface area contributed by atoms with E-state index < -0.39 is 0 Å². The van der Waals surface area contributed by atoms with Gasteiger partial charge < -0.3 is 4.98 Å². The van der Waals surface area contributed by atoms with Crippen LogP contribution in [0.5, 0.6) is 0 Å². The van der Waals surface area contributed by atoms with E-state index >= 15 is 0 Å². The van der Waals surface area contributed by atoms with Crippen molar-refractivity contribution >= 4 is 26.8 Å². The number of hydrogen-bond donors (Lipinski definition) is 1. The zero-order valence-electron chi connectivity index (χ0n) is 9.77. The van der Waals surface area contributed by atoms with Crippen LogP contribution in [-0.2, 0) is 12.8 Å². The van der Waals surface area contributed by atoms with Gasteiger partial charge in [0.25, 0.3) is 0 Å². The first-order valence-corrected chi connectivity index (χ1v) is 6.80. The number of fused-ring (bicyclic) bond motifs is 2. The van der Waals surface area contributed by atoms with E-state index in [2.05, 4.69) is 20.9 Å². The van der Waals surface area contributed by atoms with Gasteiger partial charge in [-0.25, -0.2) is 0 Å². The molecule has 2 aromatic rings. The highest BCUT2D eigenvalue weighted by Gasteiger charge is 2.17. The lowest BCUT2D eigenvalue weighted by Crippen LogP contribution is -2.19. The first-order chi connectivity index (χ1) is 8.18. The molecular weight excluding hydrogens is 278 g/mol. The molecule has 17 heavy (non-hydrogen) atoms. The Labute approximate surface area is 108 Å². The number of hydrogen-bond acceptors (Lipinski definition) is 1. The zero-order valence-corrected chi connectivity index (χ0v) is 11.4. The third kappa shape index (κ3) is 1.64. The van der Waals surface area contributed by atoms with Gasteiger partial charge in [-0.3, -0.25) is 4.79 Å². The largest absolute Gasteiger partial charge is 0.358 e. The minimum atomic E-state index is 0.212. The SMILES string of the molecule is Cc1ccc(Br)c2c(=O)c3c([nH]c12)CCCC3. The van der Waals surface area contributed by atoms with Gasteiger partial charge in [-0.2, -0.15) is 0 Å². The predicted molar refractivity (Wildman–Crippen MR) is 73.6 cm³/mol. The molecule has 0 aliphatic heterocycles. The van der Waals surface area contributed by atoms with Crippen LogP contribution in [0, 0.1) is 6.92 Å². The molecule has 0 saturated carbocycles. The summed E-state index contributed by atoms with van der Waals surface area (Å²) in [6.07, 6.45) is 4.24. The molecule has 0 atom stereocenters. The molecule has 0 radical (unpaired) electrons. The molecule has 0 saturated heterocycles. The van der Waals surface area contributed by atoms with Crippen LogP contribution in [0.25, 0.3) is 10.9 Å². The number of nitrogens with one attached hydrogen (secondary N) is 1. The molecule has 0 spiro atoms. The van der Waals surface area contributed by atoms with Gasteiger partial charge in [-0.05, 0) is 60.2 Å². The first kappa shape index (κ1) is 11.0. The van der Waals surface area contributed by atoms with Crippen molar-refractivity contribution < 1.29 is 0 Å². The first-order valence-electron chi connectivity index (χ1n) is 6.01. The van der Waals surface area contributed by atoms with E-state index in [1.54, 1.807) is 0 Å². The van der Waals surface area contributed by atoms with Crippen LogP contribution in [0.4, 0.5) is 0 Å². The van der Waals surface area contributed by atoms with Crippen molar-refractivity contribution in [1.82, 2.24) is 4.98 Å². The summed E-state index contributed by atoms with van der Waals surface area (Å²) >= 11 is 3.49. The summed E-state index contributed by atoms with van der Waals surface area (Å²) in [7, 11) is 0. The third-order valence-electron chi connectivity index (χ3n) is 3.61. The van der Waals surface area contributed by atoms with Gasteiger partial charge in [-0.15, -0.1) is 0 Å². The average molecular weight is 292 g/mol. The number of benzene rings is 1. The number of rotatable bonds is 0. The Morgan fingerprint density at radius 3 is 2.82 bits per heavy atom. The number of pyridine rings is 1. The Hall–Kier alpha value is -1.09. The minimum absolute atomic E-state index is 0.212. The topological polar surface area (TPSA) is 32.9 Å². The minimum Gasteiger partial charge on any atom is -0.358 e. The maximum atomic E-state index is 12.5. The second-order valence-corrected chi connectivity index (χ2v) is 5.59. The molecule has 3 heteroatoms. The van der Waals surface area contributed by atoms with Crippen molar-refractivity contribution in [2.75, 3.05) is 0 Å². The van der Waals surface area contributed by atoms with E-state index in [0.717, 1.165) is 51.5 Å². The van der Waals surface area contributed by atoms with Gasteiger partial charge in [-0.1, -0.05) is 6.07 Å². The molecule has 0 unspecified atom stereocenters. The molecule has 0 fully saturated rings. The molecule has 1 aromatic carbocycles. The summed E-state index contributed by atoms with van der Waals surface area (Å²) in [5, 5.41) is 0.811. The number of aromatic amines is 1. The van der Waals surface area contributed by atoms with Crippen molar-refractivity contribution in [3.63, 3.8) is 0 Å². The molecule has 0 amide bonds. The van der Waals surface area contributed by atoms with Crippen LogP contribution in [0.15, 0.2) is 21.4 Å². The Morgan fingerprint density at radius 2 is 2.00 bits per heavy atom. The highest BCUT2D eigenvalue weighted by atomic mass is 79.9. The Balaban J connectivity index is 2.48. The van der Waals surface area contributed by atoms with Crippen molar-refractivity contribution in [1.29, 1.82) is 0 Å². The molecule has 1 N–H and O–H groups in total. The fourth-order valence-electron chi connectivity index (χ4n) is 2.66. The highest BCUT2D eigenvalue weighted by Crippen LogP contribution is 2.26. The summed E-state index contributed by atoms with van der Waals surface area (Å²) in [4.78, 5) is 16.0. The van der Waals surface area contributed by atoms with E-state index in [0.29, 0.717) is 0 Å². The standard InChI is InChI=1S/C14H14BrNO/c1-8-6-7-10(15)12-13(8)16-11-5-3-2-4-9(11)14(12)17/h6-7H,2-5H2,1H3,(H,16,17). The molecule has 1 heterocycles. The zero-order chi connectivity index (χ0) is 12.0. The molecule has 1 aromatic heterocycles. The molecular formula is C14H14BrNO. The lowest BCUT2D eigenvalue weighted by Gasteiger charge is -2.17. The number of aryl methyl sites for hydroxylation is 2. The summed E-state index contributed by atoms with van der Waals surface area (Å²) in [6, 6.07) is 4.00. The van der Waals surface area contributed by atoms with Crippen LogP contribution >= 0.6 is 15.9 Å². The van der Waals surface area contributed by atoms with Gasteiger partial charge in [0.1, 0.15) is 0 Å². The normalized spacial score (nSPS) is 14.9. The molecule has 3 rings (SSSR count). The highest BCUT2D eigenvalue weighted by molar-refractivity contribution is 9.10. The maximum Gasteiger partial charge on any atom is 0.193 e. The monoisotopic (exact) mass is 291 g/mol. The van der Waals surface area contributed by atoms with Gasteiger partial charge >= 0.3 is 0 Å². The van der Waals surface area contributed by atoms with Crippen LogP contribution in [-0.4, -0.2) is 4.98 Å². The van der Waals surface area contributed by atoms with E-state index in [1.165, 1.54) is 6.42 Å². The second kappa shape index (κ2) is 3.98. The van der Waals surface area contributed by atoms with Crippen molar-refractivity contribution in [3.8, 4) is 0 Å². The van der Waals surface area contributed by atoms with Crippen LogP contribution < -0.4 is 5.43 Å². The van der Waals surface area contributed by atoms with E-state index in [4.69, 9.17) is 0 Å². The van der Waals surface area contributed by atoms with Gasteiger partial charge in [0.05, 0.1) is 10.9 Å². The Kier molecular flexibility index (Phi) is 2.58. The van der Waals surface area contributed by atoms with Gasteiger partial charge in [0.15, 0.2) is 5.43 Å². The molecule has 0 bridgehead atoms. The second-order valence-electron chi connectivity index (χ2n) is 4.73. The summed E-state index contributed by atoms with van der Waals surface area (Å²) < 4.78 is 0.896. The van der Waals surface area contributed by atoms with Crippen LogP contribution in [0.3, 0.4) is 0 Å². The molecule has 1 aliphatic rings. The van der Waals surface area contributed by atoms with E-state index in [1.807, 2.05) is 19.1 Å². The van der Waals surface area contributed by atoms with E-state index in [9.17, 15) is 4.79 Å². The number of H-pyrrole nitrogens is 1. The number of aromatic nitrogens is 1.